The van der Waals surface area contributed by atoms with Crippen molar-refractivity contribution in [3.8, 4) is 5.75 Å². The molecular formula is C26H24N4O3. The Balaban J connectivity index is 1.21. The molecule has 2 heterocycles. The molecule has 2 atom stereocenters. The first-order valence-electron chi connectivity index (χ1n) is 10.9. The van der Waals surface area contributed by atoms with Crippen molar-refractivity contribution < 1.29 is 14.3 Å². The number of carbonyl (C=O) groups is 2. The van der Waals surface area contributed by atoms with E-state index in [0.29, 0.717) is 35.2 Å². The zero-order valence-electron chi connectivity index (χ0n) is 18.2. The second-order valence-electron chi connectivity index (χ2n) is 8.36. The van der Waals surface area contributed by atoms with Gasteiger partial charge in [-0.05, 0) is 54.8 Å². The van der Waals surface area contributed by atoms with E-state index < -0.39 is 0 Å². The minimum atomic E-state index is -0.261. The monoisotopic (exact) mass is 440 g/mol. The Bertz CT molecular complexity index is 1300. The summed E-state index contributed by atoms with van der Waals surface area (Å²) in [5, 5.41) is 5.79. The predicted octanol–water partition coefficient (Wildman–Crippen LogP) is 4.76. The van der Waals surface area contributed by atoms with Crippen molar-refractivity contribution >= 4 is 28.8 Å². The van der Waals surface area contributed by atoms with Crippen molar-refractivity contribution in [1.29, 1.82) is 0 Å². The van der Waals surface area contributed by atoms with E-state index in [1.165, 1.54) is 0 Å². The molecule has 1 saturated carbocycles. The Kier molecular flexibility index (Phi) is 5.52. The SMILES string of the molecule is CC1CC1C(=O)Nc1cccc(C(=O)Nc2cccc(OCc3cn4ccccc4n3)c2)c1. The maximum Gasteiger partial charge on any atom is 0.255 e. The van der Waals surface area contributed by atoms with Crippen molar-refractivity contribution in [2.75, 3.05) is 10.6 Å². The highest BCUT2D eigenvalue weighted by Gasteiger charge is 2.39. The molecule has 1 aliphatic rings. The third-order valence-electron chi connectivity index (χ3n) is 5.73. The number of pyridine rings is 1. The van der Waals surface area contributed by atoms with Gasteiger partial charge in [0.2, 0.25) is 5.91 Å². The van der Waals surface area contributed by atoms with Gasteiger partial charge >= 0.3 is 0 Å². The first-order chi connectivity index (χ1) is 16.0. The molecule has 166 valence electrons. The normalized spacial score (nSPS) is 16.9. The molecule has 2 aromatic carbocycles. The number of nitrogens with one attached hydrogen (secondary N) is 2. The number of aromatic nitrogens is 2. The number of ether oxygens (including phenoxy) is 1. The summed E-state index contributed by atoms with van der Waals surface area (Å²) in [5.41, 5.74) is 3.38. The van der Waals surface area contributed by atoms with Crippen molar-refractivity contribution in [2.24, 2.45) is 11.8 Å². The maximum absolute atomic E-state index is 12.8. The van der Waals surface area contributed by atoms with Crippen molar-refractivity contribution in [2.45, 2.75) is 20.0 Å². The maximum atomic E-state index is 12.8. The van der Waals surface area contributed by atoms with Gasteiger partial charge in [0.15, 0.2) is 0 Å². The van der Waals surface area contributed by atoms with Crippen LogP contribution >= 0.6 is 0 Å². The largest absolute Gasteiger partial charge is 0.487 e. The zero-order valence-corrected chi connectivity index (χ0v) is 18.2. The smallest absolute Gasteiger partial charge is 0.255 e. The highest BCUT2D eigenvalue weighted by molar-refractivity contribution is 6.05. The summed E-state index contributed by atoms with van der Waals surface area (Å²) in [6.45, 7) is 2.38. The molecule has 0 saturated heterocycles. The van der Waals surface area contributed by atoms with Crippen LogP contribution in [0.5, 0.6) is 5.75 Å². The van der Waals surface area contributed by atoms with Crippen LogP contribution in [0.1, 0.15) is 29.4 Å². The lowest BCUT2D eigenvalue weighted by atomic mass is 10.1. The molecular weight excluding hydrogens is 416 g/mol. The second-order valence-corrected chi connectivity index (χ2v) is 8.36. The summed E-state index contributed by atoms with van der Waals surface area (Å²) in [6, 6.07) is 20.0. The number of hydrogen-bond acceptors (Lipinski definition) is 4. The van der Waals surface area contributed by atoms with Gasteiger partial charge in [-0.1, -0.05) is 25.1 Å². The van der Waals surface area contributed by atoms with Crippen LogP contribution in [0.25, 0.3) is 5.65 Å². The molecule has 0 spiro atoms. The Labute approximate surface area is 191 Å². The first kappa shape index (κ1) is 20.8. The molecule has 2 amide bonds. The fourth-order valence-corrected chi connectivity index (χ4v) is 3.74. The zero-order chi connectivity index (χ0) is 22.8. The minimum Gasteiger partial charge on any atom is -0.487 e. The number of carbonyl (C=O) groups excluding carboxylic acids is 2. The molecule has 1 fully saturated rings. The molecule has 5 rings (SSSR count). The minimum absolute atomic E-state index is 0.00974. The van der Waals surface area contributed by atoms with Gasteiger partial charge in [-0.15, -0.1) is 0 Å². The van der Waals surface area contributed by atoms with E-state index in [0.717, 1.165) is 17.8 Å². The predicted molar refractivity (Wildman–Crippen MR) is 126 cm³/mol. The number of nitrogens with zero attached hydrogens (tertiary/aromatic N) is 2. The van der Waals surface area contributed by atoms with E-state index >= 15 is 0 Å². The van der Waals surface area contributed by atoms with Crippen LogP contribution in [0, 0.1) is 11.8 Å². The summed E-state index contributed by atoms with van der Waals surface area (Å²) < 4.78 is 7.82. The van der Waals surface area contributed by atoms with E-state index in [9.17, 15) is 9.59 Å². The molecule has 0 radical (unpaired) electrons. The third kappa shape index (κ3) is 4.87. The molecule has 2 N–H and O–H groups in total. The van der Waals surface area contributed by atoms with E-state index in [4.69, 9.17) is 4.74 Å². The average molecular weight is 441 g/mol. The lowest BCUT2D eigenvalue weighted by Gasteiger charge is -2.10. The van der Waals surface area contributed by atoms with Crippen LogP contribution in [0.15, 0.2) is 79.1 Å². The molecule has 0 bridgehead atoms. The molecule has 2 unspecified atom stereocenters. The number of anilines is 2. The van der Waals surface area contributed by atoms with Crippen LogP contribution in [0.4, 0.5) is 11.4 Å². The van der Waals surface area contributed by atoms with Crippen LogP contribution in [0.3, 0.4) is 0 Å². The summed E-state index contributed by atoms with van der Waals surface area (Å²) in [4.78, 5) is 29.5. The summed E-state index contributed by atoms with van der Waals surface area (Å²) in [7, 11) is 0. The lowest BCUT2D eigenvalue weighted by molar-refractivity contribution is -0.117. The second kappa shape index (κ2) is 8.78. The van der Waals surface area contributed by atoms with Gasteiger partial charge < -0.3 is 19.8 Å². The number of amides is 2. The lowest BCUT2D eigenvalue weighted by Crippen LogP contribution is -2.16. The molecule has 1 aliphatic carbocycles. The molecule has 4 aromatic rings. The Morgan fingerprint density at radius 2 is 1.82 bits per heavy atom. The number of fused-ring (bicyclic) bond motifs is 1. The summed E-state index contributed by atoms with van der Waals surface area (Å²) in [6.07, 6.45) is 4.78. The van der Waals surface area contributed by atoms with Gasteiger partial charge in [-0.25, -0.2) is 4.98 Å². The first-order valence-corrected chi connectivity index (χ1v) is 10.9. The molecule has 33 heavy (non-hydrogen) atoms. The van der Waals surface area contributed by atoms with Gasteiger partial charge in [0.25, 0.3) is 5.91 Å². The average Bonchev–Trinajstić information content (AvgIpc) is 3.41. The van der Waals surface area contributed by atoms with Crippen LogP contribution in [-0.4, -0.2) is 21.2 Å². The van der Waals surface area contributed by atoms with Gasteiger partial charge in [0.1, 0.15) is 18.0 Å². The number of imidazole rings is 1. The number of benzene rings is 2. The molecule has 2 aromatic heterocycles. The quantitative estimate of drug-likeness (QED) is 0.434. The molecule has 0 aliphatic heterocycles. The molecule has 7 nitrogen and oxygen atoms in total. The van der Waals surface area contributed by atoms with E-state index in [1.807, 2.05) is 47.1 Å². The summed E-state index contributed by atoms with van der Waals surface area (Å²) >= 11 is 0. The Morgan fingerprint density at radius 1 is 1.03 bits per heavy atom. The molecule has 7 heteroatoms. The van der Waals surface area contributed by atoms with E-state index in [1.54, 1.807) is 36.4 Å². The van der Waals surface area contributed by atoms with Gasteiger partial charge in [0, 0.05) is 41.3 Å². The fourth-order valence-electron chi connectivity index (χ4n) is 3.74. The Morgan fingerprint density at radius 3 is 2.61 bits per heavy atom. The third-order valence-corrected chi connectivity index (χ3v) is 5.73. The van der Waals surface area contributed by atoms with Gasteiger partial charge in [0.05, 0.1) is 5.69 Å². The number of rotatable bonds is 7. The van der Waals surface area contributed by atoms with Crippen LogP contribution in [-0.2, 0) is 11.4 Å². The van der Waals surface area contributed by atoms with E-state index in [-0.39, 0.29) is 17.7 Å². The van der Waals surface area contributed by atoms with Crippen LogP contribution < -0.4 is 15.4 Å². The topological polar surface area (TPSA) is 84.7 Å². The van der Waals surface area contributed by atoms with Crippen LogP contribution in [0.2, 0.25) is 0 Å². The van der Waals surface area contributed by atoms with Gasteiger partial charge in [-0.3, -0.25) is 9.59 Å². The Hall–Kier alpha value is -4.13. The number of hydrogen-bond donors (Lipinski definition) is 2. The fraction of sp³-hybridized carbons (Fsp3) is 0.192. The van der Waals surface area contributed by atoms with Crippen molar-refractivity contribution in [1.82, 2.24) is 9.38 Å². The van der Waals surface area contributed by atoms with E-state index in [2.05, 4.69) is 22.5 Å². The van der Waals surface area contributed by atoms with Crippen molar-refractivity contribution in [3.05, 3.63) is 90.4 Å². The highest BCUT2D eigenvalue weighted by atomic mass is 16.5. The van der Waals surface area contributed by atoms with Gasteiger partial charge in [-0.2, -0.15) is 0 Å². The standard InChI is InChI=1S/C26H24N4O3/c1-17-12-23(17)26(32)29-19-7-4-6-18(13-19)25(31)28-20-8-5-9-22(14-20)33-16-21-15-30-11-3-2-10-24(30)27-21/h2-11,13-15,17,23H,12,16H2,1H3,(H,28,31)(H,29,32). The summed E-state index contributed by atoms with van der Waals surface area (Å²) in [5.74, 6) is 0.882. The van der Waals surface area contributed by atoms with Crippen molar-refractivity contribution in [3.63, 3.8) is 0 Å². The highest BCUT2D eigenvalue weighted by Crippen LogP contribution is 2.38.